The quantitative estimate of drug-likeness (QED) is 0.818. The van der Waals surface area contributed by atoms with E-state index >= 15 is 0 Å². The number of rotatable bonds is 4. The van der Waals surface area contributed by atoms with Gasteiger partial charge in [0.05, 0.1) is 6.61 Å². The molecule has 3 heteroatoms. The lowest BCUT2D eigenvalue weighted by Crippen LogP contribution is -2.22. The topological polar surface area (TPSA) is 49.7 Å². The van der Waals surface area contributed by atoms with Gasteiger partial charge in [-0.05, 0) is 17.0 Å². The minimum absolute atomic E-state index is 0.000754. The Hall–Kier alpha value is -1.06. The third-order valence-electron chi connectivity index (χ3n) is 2.34. The Morgan fingerprint density at radius 2 is 1.88 bits per heavy atom. The Kier molecular flexibility index (Phi) is 4.33. The zero-order valence-corrected chi connectivity index (χ0v) is 10.1. The van der Waals surface area contributed by atoms with Gasteiger partial charge in [-0.2, -0.15) is 0 Å². The molecule has 0 aliphatic heterocycles. The van der Waals surface area contributed by atoms with E-state index in [0.717, 1.165) is 11.3 Å². The number of hydrogen-bond acceptors (Lipinski definition) is 3. The molecule has 16 heavy (non-hydrogen) atoms. The summed E-state index contributed by atoms with van der Waals surface area (Å²) < 4.78 is 5.51. The summed E-state index contributed by atoms with van der Waals surface area (Å²) in [6.45, 7) is 6.16. The Bertz CT molecular complexity index is 328. The summed E-state index contributed by atoms with van der Waals surface area (Å²) in [5, 5.41) is 17.9. The first-order valence-electron chi connectivity index (χ1n) is 5.46. The minimum atomic E-state index is -0.826. The van der Waals surface area contributed by atoms with Crippen molar-refractivity contribution in [1.29, 1.82) is 0 Å². The first-order valence-corrected chi connectivity index (χ1v) is 5.46. The van der Waals surface area contributed by atoms with Crippen LogP contribution in [0.4, 0.5) is 0 Å². The molecular weight excluding hydrogens is 204 g/mol. The van der Waals surface area contributed by atoms with Crippen LogP contribution in [-0.4, -0.2) is 29.5 Å². The summed E-state index contributed by atoms with van der Waals surface area (Å²) in [5.41, 5.74) is 1.10. The monoisotopic (exact) mass is 224 g/mol. The van der Waals surface area contributed by atoms with Crippen LogP contribution in [0.2, 0.25) is 0 Å². The van der Waals surface area contributed by atoms with Gasteiger partial charge in [-0.3, -0.25) is 0 Å². The Morgan fingerprint density at radius 1 is 1.25 bits per heavy atom. The van der Waals surface area contributed by atoms with Gasteiger partial charge in [-0.1, -0.05) is 39.0 Å². The number of benzene rings is 1. The molecule has 0 aliphatic rings. The molecule has 0 heterocycles. The van der Waals surface area contributed by atoms with Gasteiger partial charge in [0.1, 0.15) is 18.5 Å². The van der Waals surface area contributed by atoms with Crippen molar-refractivity contribution >= 4 is 0 Å². The van der Waals surface area contributed by atoms with Gasteiger partial charge in [0.25, 0.3) is 0 Å². The van der Waals surface area contributed by atoms with Crippen molar-refractivity contribution in [2.24, 2.45) is 0 Å². The molecular formula is C13H20O3. The van der Waals surface area contributed by atoms with E-state index in [0.29, 0.717) is 0 Å². The molecule has 1 aromatic carbocycles. The number of aliphatic hydroxyl groups is 2. The fraction of sp³-hybridized carbons (Fsp3) is 0.538. The molecule has 0 radical (unpaired) electrons. The fourth-order valence-electron chi connectivity index (χ4n) is 1.45. The summed E-state index contributed by atoms with van der Waals surface area (Å²) in [5.74, 6) is 0.766. The molecule has 3 nitrogen and oxygen atoms in total. The molecule has 1 aromatic rings. The summed E-state index contributed by atoms with van der Waals surface area (Å²) in [4.78, 5) is 0. The van der Waals surface area contributed by atoms with Crippen molar-refractivity contribution < 1.29 is 14.9 Å². The van der Waals surface area contributed by atoms with E-state index < -0.39 is 6.10 Å². The van der Waals surface area contributed by atoms with Crippen LogP contribution < -0.4 is 4.74 Å². The summed E-state index contributed by atoms with van der Waals surface area (Å²) in [7, 11) is 0. The van der Waals surface area contributed by atoms with E-state index in [1.165, 1.54) is 0 Å². The van der Waals surface area contributed by atoms with Gasteiger partial charge in [0.2, 0.25) is 0 Å². The first-order chi connectivity index (χ1) is 7.45. The zero-order chi connectivity index (χ0) is 12.2. The maximum absolute atomic E-state index is 9.24. The second-order valence-corrected chi connectivity index (χ2v) is 4.89. The highest BCUT2D eigenvalue weighted by molar-refractivity contribution is 5.38. The maximum Gasteiger partial charge on any atom is 0.123 e. The molecule has 0 saturated carbocycles. The minimum Gasteiger partial charge on any atom is -0.490 e. The summed E-state index contributed by atoms with van der Waals surface area (Å²) in [6.07, 6.45) is -0.826. The Labute approximate surface area is 96.7 Å². The van der Waals surface area contributed by atoms with Crippen LogP contribution >= 0.6 is 0 Å². The van der Waals surface area contributed by atoms with Crippen LogP contribution in [0.3, 0.4) is 0 Å². The highest BCUT2D eigenvalue weighted by atomic mass is 16.5. The average Bonchev–Trinajstić information content (AvgIpc) is 2.25. The zero-order valence-electron chi connectivity index (χ0n) is 10.1. The number of aliphatic hydroxyl groups excluding tert-OH is 2. The number of ether oxygens (including phenoxy) is 1. The second-order valence-electron chi connectivity index (χ2n) is 4.89. The van der Waals surface area contributed by atoms with Crippen LogP contribution in [0.5, 0.6) is 5.75 Å². The standard InChI is InChI=1S/C13H20O3/c1-13(2,3)11-6-4-5-7-12(11)16-9-10(15)8-14/h4-7,10,14-15H,8-9H2,1-3H3. The Balaban J connectivity index is 2.80. The van der Waals surface area contributed by atoms with Crippen molar-refractivity contribution in [3.63, 3.8) is 0 Å². The van der Waals surface area contributed by atoms with Gasteiger partial charge in [-0.15, -0.1) is 0 Å². The average molecular weight is 224 g/mol. The van der Waals surface area contributed by atoms with Crippen molar-refractivity contribution in [2.75, 3.05) is 13.2 Å². The molecule has 1 atom stereocenters. The van der Waals surface area contributed by atoms with Crippen molar-refractivity contribution in [2.45, 2.75) is 32.3 Å². The molecule has 0 aromatic heterocycles. The normalized spacial score (nSPS) is 13.6. The summed E-state index contributed by atoms with van der Waals surface area (Å²) in [6, 6.07) is 7.76. The van der Waals surface area contributed by atoms with Gasteiger partial charge >= 0.3 is 0 Å². The van der Waals surface area contributed by atoms with Crippen LogP contribution in [0.25, 0.3) is 0 Å². The van der Waals surface area contributed by atoms with Crippen LogP contribution in [-0.2, 0) is 5.41 Å². The molecule has 0 aliphatic carbocycles. The van der Waals surface area contributed by atoms with Crippen molar-refractivity contribution in [1.82, 2.24) is 0 Å². The smallest absolute Gasteiger partial charge is 0.123 e. The van der Waals surface area contributed by atoms with E-state index in [9.17, 15) is 5.11 Å². The highest BCUT2D eigenvalue weighted by Crippen LogP contribution is 2.30. The van der Waals surface area contributed by atoms with E-state index in [1.807, 2.05) is 24.3 Å². The lowest BCUT2D eigenvalue weighted by atomic mass is 9.86. The molecule has 0 bridgehead atoms. The number of para-hydroxylation sites is 1. The molecule has 0 fully saturated rings. The van der Waals surface area contributed by atoms with E-state index in [-0.39, 0.29) is 18.6 Å². The van der Waals surface area contributed by atoms with Gasteiger partial charge in [0.15, 0.2) is 0 Å². The van der Waals surface area contributed by atoms with Gasteiger partial charge in [0, 0.05) is 0 Å². The molecule has 0 saturated heterocycles. The van der Waals surface area contributed by atoms with Crippen molar-refractivity contribution in [3.05, 3.63) is 29.8 Å². The largest absolute Gasteiger partial charge is 0.490 e. The lowest BCUT2D eigenvalue weighted by molar-refractivity contribution is 0.0530. The summed E-state index contributed by atoms with van der Waals surface area (Å²) >= 11 is 0. The SMILES string of the molecule is CC(C)(C)c1ccccc1OCC(O)CO. The predicted octanol–water partition coefficient (Wildman–Crippen LogP) is 1.72. The molecule has 2 N–H and O–H groups in total. The first kappa shape index (κ1) is 13.0. The molecule has 90 valence electrons. The van der Waals surface area contributed by atoms with Crippen LogP contribution in [0, 0.1) is 0 Å². The van der Waals surface area contributed by atoms with Crippen LogP contribution in [0.1, 0.15) is 26.3 Å². The van der Waals surface area contributed by atoms with Crippen LogP contribution in [0.15, 0.2) is 24.3 Å². The van der Waals surface area contributed by atoms with Gasteiger partial charge < -0.3 is 14.9 Å². The molecule has 1 rings (SSSR count). The molecule has 0 spiro atoms. The van der Waals surface area contributed by atoms with Gasteiger partial charge in [-0.25, -0.2) is 0 Å². The second kappa shape index (κ2) is 5.32. The van der Waals surface area contributed by atoms with E-state index in [4.69, 9.17) is 9.84 Å². The molecule has 0 amide bonds. The highest BCUT2D eigenvalue weighted by Gasteiger charge is 2.18. The lowest BCUT2D eigenvalue weighted by Gasteiger charge is -2.23. The maximum atomic E-state index is 9.24. The predicted molar refractivity (Wildman–Crippen MR) is 63.7 cm³/mol. The number of hydrogen-bond donors (Lipinski definition) is 2. The third-order valence-corrected chi connectivity index (χ3v) is 2.34. The molecule has 1 unspecified atom stereocenters. The fourth-order valence-corrected chi connectivity index (χ4v) is 1.45. The van der Waals surface area contributed by atoms with Crippen molar-refractivity contribution in [3.8, 4) is 5.75 Å². The third kappa shape index (κ3) is 3.51. The van der Waals surface area contributed by atoms with E-state index in [1.54, 1.807) is 0 Å². The van der Waals surface area contributed by atoms with E-state index in [2.05, 4.69) is 20.8 Å². The Morgan fingerprint density at radius 3 is 2.44 bits per heavy atom.